The van der Waals surface area contributed by atoms with Crippen LogP contribution >= 0.6 is 15.9 Å². The molecular weight excluding hydrogens is 447 g/mol. The molecule has 0 saturated carbocycles. The SMILES string of the molecule is Cc1cccc(NC(=O)/C(C#N)=C/c2cc(Br)ccc2OCc2cccc(F)c2)c1. The van der Waals surface area contributed by atoms with Crippen LogP contribution in [0, 0.1) is 24.1 Å². The summed E-state index contributed by atoms with van der Waals surface area (Å²) >= 11 is 3.39. The topological polar surface area (TPSA) is 62.1 Å². The molecule has 4 nitrogen and oxygen atoms in total. The van der Waals surface area contributed by atoms with Gasteiger partial charge in [-0.25, -0.2) is 4.39 Å². The second kappa shape index (κ2) is 9.86. The number of benzene rings is 3. The number of nitrogens with one attached hydrogen (secondary N) is 1. The van der Waals surface area contributed by atoms with Crippen LogP contribution in [0.15, 0.2) is 76.8 Å². The highest BCUT2D eigenvalue weighted by Gasteiger charge is 2.12. The molecule has 0 unspecified atom stereocenters. The van der Waals surface area contributed by atoms with Crippen molar-refractivity contribution in [1.29, 1.82) is 5.26 Å². The zero-order chi connectivity index (χ0) is 21.5. The van der Waals surface area contributed by atoms with E-state index in [9.17, 15) is 14.4 Å². The van der Waals surface area contributed by atoms with Gasteiger partial charge < -0.3 is 10.1 Å². The smallest absolute Gasteiger partial charge is 0.266 e. The van der Waals surface area contributed by atoms with E-state index in [4.69, 9.17) is 4.74 Å². The van der Waals surface area contributed by atoms with Crippen LogP contribution < -0.4 is 10.1 Å². The Kier molecular flexibility index (Phi) is 6.99. The molecule has 0 aliphatic heterocycles. The highest BCUT2D eigenvalue weighted by atomic mass is 79.9. The predicted octanol–water partition coefficient (Wildman–Crippen LogP) is 6.02. The van der Waals surface area contributed by atoms with Crippen molar-refractivity contribution in [2.24, 2.45) is 0 Å². The molecule has 150 valence electrons. The lowest BCUT2D eigenvalue weighted by Crippen LogP contribution is -2.13. The Labute approximate surface area is 182 Å². The summed E-state index contributed by atoms with van der Waals surface area (Å²) in [5.74, 6) is -0.385. The van der Waals surface area contributed by atoms with Crippen LogP contribution in [0.5, 0.6) is 5.75 Å². The van der Waals surface area contributed by atoms with Crippen LogP contribution in [0.4, 0.5) is 10.1 Å². The van der Waals surface area contributed by atoms with Crippen molar-refractivity contribution >= 4 is 33.6 Å². The van der Waals surface area contributed by atoms with Gasteiger partial charge in [-0.05, 0) is 66.6 Å². The molecule has 0 heterocycles. The third-order valence-electron chi connectivity index (χ3n) is 4.20. The molecular formula is C24H18BrFN2O2. The fourth-order valence-electron chi connectivity index (χ4n) is 2.78. The molecule has 3 rings (SSSR count). The van der Waals surface area contributed by atoms with Gasteiger partial charge in [0.25, 0.3) is 5.91 Å². The lowest BCUT2D eigenvalue weighted by atomic mass is 10.1. The summed E-state index contributed by atoms with van der Waals surface area (Å²) in [6.07, 6.45) is 1.47. The molecule has 0 fully saturated rings. The largest absolute Gasteiger partial charge is 0.488 e. The van der Waals surface area contributed by atoms with Gasteiger partial charge >= 0.3 is 0 Å². The van der Waals surface area contributed by atoms with Crippen molar-refractivity contribution in [3.8, 4) is 11.8 Å². The van der Waals surface area contributed by atoms with Crippen LogP contribution in [-0.2, 0) is 11.4 Å². The Hall–Kier alpha value is -3.43. The van der Waals surface area contributed by atoms with E-state index in [-0.39, 0.29) is 18.0 Å². The van der Waals surface area contributed by atoms with Crippen LogP contribution in [0.2, 0.25) is 0 Å². The maximum atomic E-state index is 13.4. The van der Waals surface area contributed by atoms with E-state index in [1.807, 2.05) is 31.2 Å². The monoisotopic (exact) mass is 464 g/mol. The molecule has 6 heteroatoms. The lowest BCUT2D eigenvalue weighted by molar-refractivity contribution is -0.112. The molecule has 0 saturated heterocycles. The maximum Gasteiger partial charge on any atom is 0.266 e. The Morgan fingerprint density at radius 1 is 1.17 bits per heavy atom. The van der Waals surface area contributed by atoms with Crippen molar-refractivity contribution in [1.82, 2.24) is 0 Å². The van der Waals surface area contributed by atoms with Gasteiger partial charge in [0.05, 0.1) is 0 Å². The first-order chi connectivity index (χ1) is 14.4. The van der Waals surface area contributed by atoms with Gasteiger partial charge in [-0.15, -0.1) is 0 Å². The minimum atomic E-state index is -0.515. The maximum absolute atomic E-state index is 13.4. The van der Waals surface area contributed by atoms with Gasteiger partial charge in [0.15, 0.2) is 0 Å². The third-order valence-corrected chi connectivity index (χ3v) is 4.69. The third kappa shape index (κ3) is 5.79. The Bertz CT molecular complexity index is 1150. The first-order valence-electron chi connectivity index (χ1n) is 9.11. The molecule has 0 aliphatic carbocycles. The number of carbonyl (C=O) groups is 1. The van der Waals surface area contributed by atoms with Crippen LogP contribution in [0.3, 0.4) is 0 Å². The fraction of sp³-hybridized carbons (Fsp3) is 0.0833. The Morgan fingerprint density at radius 2 is 1.97 bits per heavy atom. The number of nitrogens with zero attached hydrogens (tertiary/aromatic N) is 1. The van der Waals surface area contributed by atoms with E-state index in [1.54, 1.807) is 36.4 Å². The van der Waals surface area contributed by atoms with Gasteiger partial charge in [0.1, 0.15) is 29.8 Å². The normalized spacial score (nSPS) is 10.9. The number of rotatable bonds is 6. The Balaban J connectivity index is 1.83. The van der Waals surface area contributed by atoms with E-state index in [0.29, 0.717) is 22.6 Å². The van der Waals surface area contributed by atoms with E-state index < -0.39 is 5.91 Å². The molecule has 1 N–H and O–H groups in total. The number of hydrogen-bond acceptors (Lipinski definition) is 3. The first kappa shape index (κ1) is 21.3. The summed E-state index contributed by atoms with van der Waals surface area (Å²) in [7, 11) is 0. The molecule has 3 aromatic rings. The zero-order valence-electron chi connectivity index (χ0n) is 16.2. The number of halogens is 2. The summed E-state index contributed by atoms with van der Waals surface area (Å²) in [5, 5.41) is 12.2. The minimum absolute atomic E-state index is 0.0646. The van der Waals surface area contributed by atoms with Gasteiger partial charge in [-0.3, -0.25) is 4.79 Å². The minimum Gasteiger partial charge on any atom is -0.488 e. The van der Waals surface area contributed by atoms with Crippen molar-refractivity contribution in [3.63, 3.8) is 0 Å². The summed E-state index contributed by atoms with van der Waals surface area (Å²) < 4.78 is 20.0. The number of carbonyl (C=O) groups excluding carboxylic acids is 1. The van der Waals surface area contributed by atoms with Crippen molar-refractivity contribution < 1.29 is 13.9 Å². The van der Waals surface area contributed by atoms with E-state index in [1.165, 1.54) is 18.2 Å². The summed E-state index contributed by atoms with van der Waals surface area (Å²) in [6.45, 7) is 2.07. The van der Waals surface area contributed by atoms with Gasteiger partial charge in [0, 0.05) is 15.7 Å². The number of nitriles is 1. The summed E-state index contributed by atoms with van der Waals surface area (Å²) in [5.41, 5.74) is 2.76. The number of ether oxygens (including phenoxy) is 1. The second-order valence-electron chi connectivity index (χ2n) is 6.59. The van der Waals surface area contributed by atoms with Crippen molar-refractivity contribution in [2.75, 3.05) is 5.32 Å². The molecule has 0 spiro atoms. The van der Waals surface area contributed by atoms with Gasteiger partial charge in [0.2, 0.25) is 0 Å². The van der Waals surface area contributed by atoms with E-state index in [2.05, 4.69) is 21.2 Å². The molecule has 0 aliphatic rings. The van der Waals surface area contributed by atoms with Crippen molar-refractivity contribution in [2.45, 2.75) is 13.5 Å². The average molecular weight is 465 g/mol. The lowest BCUT2D eigenvalue weighted by Gasteiger charge is -2.11. The number of hydrogen-bond donors (Lipinski definition) is 1. The standard InChI is InChI=1S/C24H18BrFN2O2/c1-16-4-2-7-22(10-16)28-24(29)19(14-27)12-18-13-20(25)8-9-23(18)30-15-17-5-3-6-21(26)11-17/h2-13H,15H2,1H3,(H,28,29)/b19-12+. The van der Waals surface area contributed by atoms with Crippen LogP contribution in [-0.4, -0.2) is 5.91 Å². The molecule has 1 amide bonds. The average Bonchev–Trinajstić information content (AvgIpc) is 2.71. The van der Waals surface area contributed by atoms with E-state index in [0.717, 1.165) is 10.0 Å². The molecule has 3 aromatic carbocycles. The quantitative estimate of drug-likeness (QED) is 0.358. The van der Waals surface area contributed by atoms with E-state index >= 15 is 0 Å². The number of anilines is 1. The summed E-state index contributed by atoms with van der Waals surface area (Å²) in [6, 6.07) is 20.6. The molecule has 30 heavy (non-hydrogen) atoms. The van der Waals surface area contributed by atoms with Crippen LogP contribution in [0.25, 0.3) is 6.08 Å². The highest BCUT2D eigenvalue weighted by Crippen LogP contribution is 2.27. The fourth-order valence-corrected chi connectivity index (χ4v) is 3.16. The molecule has 0 radical (unpaired) electrons. The number of aryl methyl sites for hydroxylation is 1. The first-order valence-corrected chi connectivity index (χ1v) is 9.90. The molecule has 0 atom stereocenters. The summed E-state index contributed by atoms with van der Waals surface area (Å²) in [4.78, 5) is 12.6. The zero-order valence-corrected chi connectivity index (χ0v) is 17.7. The number of amides is 1. The van der Waals surface area contributed by atoms with Crippen LogP contribution in [0.1, 0.15) is 16.7 Å². The highest BCUT2D eigenvalue weighted by molar-refractivity contribution is 9.10. The van der Waals surface area contributed by atoms with Gasteiger partial charge in [-0.2, -0.15) is 5.26 Å². The Morgan fingerprint density at radius 3 is 2.70 bits per heavy atom. The second-order valence-corrected chi connectivity index (χ2v) is 7.51. The van der Waals surface area contributed by atoms with Gasteiger partial charge in [-0.1, -0.05) is 40.2 Å². The van der Waals surface area contributed by atoms with Crippen molar-refractivity contribution in [3.05, 3.63) is 99.3 Å². The predicted molar refractivity (Wildman–Crippen MR) is 118 cm³/mol. The molecule has 0 aromatic heterocycles. The molecule has 0 bridgehead atoms.